The molecule has 33 heavy (non-hydrogen) atoms. The Morgan fingerprint density at radius 2 is 1.82 bits per heavy atom. The molecule has 0 radical (unpaired) electrons. The summed E-state index contributed by atoms with van der Waals surface area (Å²) in [4.78, 5) is 17.3. The van der Waals surface area contributed by atoms with Crippen molar-refractivity contribution in [2.45, 2.75) is 43.7 Å². The number of hydrogen-bond donors (Lipinski definition) is 1. The fourth-order valence-corrected chi connectivity index (χ4v) is 5.41. The molecule has 1 aliphatic carbocycles. The molecule has 0 aromatic heterocycles. The van der Waals surface area contributed by atoms with Crippen molar-refractivity contribution in [2.75, 3.05) is 33.4 Å². The summed E-state index contributed by atoms with van der Waals surface area (Å²) < 4.78 is 5.39. The average molecular weight is 445 g/mol. The van der Waals surface area contributed by atoms with Crippen molar-refractivity contribution in [3.05, 3.63) is 65.2 Å². The predicted molar refractivity (Wildman–Crippen MR) is 128 cm³/mol. The molecule has 1 N–H and O–H groups in total. The first kappa shape index (κ1) is 22.0. The van der Waals surface area contributed by atoms with Gasteiger partial charge in [0.15, 0.2) is 0 Å². The lowest BCUT2D eigenvalue weighted by Crippen LogP contribution is -2.68. The van der Waals surface area contributed by atoms with Gasteiger partial charge in [-0.3, -0.25) is 9.69 Å². The van der Waals surface area contributed by atoms with Crippen LogP contribution in [-0.4, -0.2) is 66.2 Å². The Labute approximate surface area is 196 Å². The molecule has 3 aliphatic rings. The molecule has 2 heterocycles. The molecule has 0 bridgehead atoms. The summed E-state index contributed by atoms with van der Waals surface area (Å²) in [7, 11) is 1.66. The van der Waals surface area contributed by atoms with Crippen LogP contribution in [0, 0.1) is 17.8 Å². The maximum Gasteiger partial charge on any atom is 0.225 e. The normalized spacial score (nSPS) is 25.0. The number of fused-ring (bicyclic) bond motifs is 1. The van der Waals surface area contributed by atoms with Crippen LogP contribution in [0.15, 0.2) is 48.5 Å². The largest absolute Gasteiger partial charge is 0.495 e. The number of hydrogen-bond acceptors (Lipinski definition) is 4. The summed E-state index contributed by atoms with van der Waals surface area (Å²) in [5.74, 6) is 8.04. The zero-order valence-corrected chi connectivity index (χ0v) is 19.2. The Morgan fingerprint density at radius 3 is 2.55 bits per heavy atom. The zero-order chi connectivity index (χ0) is 22.8. The van der Waals surface area contributed by atoms with Gasteiger partial charge in [0.25, 0.3) is 0 Å². The average Bonchev–Trinajstić information content (AvgIpc) is 3.68. The van der Waals surface area contributed by atoms with E-state index in [-0.39, 0.29) is 30.5 Å². The molecule has 3 fully saturated rings. The molecular formula is C28H32N2O3. The zero-order valence-electron chi connectivity index (χ0n) is 19.2. The smallest absolute Gasteiger partial charge is 0.225 e. The lowest BCUT2D eigenvalue weighted by atomic mass is 9.74. The lowest BCUT2D eigenvalue weighted by Gasteiger charge is -2.57. The Bertz CT molecular complexity index is 1050. The number of carbonyl (C=O) groups excluding carboxylic acids is 1. The van der Waals surface area contributed by atoms with Gasteiger partial charge < -0.3 is 14.7 Å². The van der Waals surface area contributed by atoms with Crippen LogP contribution < -0.4 is 4.74 Å². The number of nitrogens with zero attached hydrogens (tertiary/aromatic N) is 2. The second-order valence-corrected chi connectivity index (χ2v) is 9.42. The Balaban J connectivity index is 1.34. The SMILES string of the molecule is COc1ccccc1C#Cc1ccc([C@@H]2[C@@H](CO)N3CCCCN(C(=O)C4CC4)C[C@@H]23)cc1. The molecule has 5 rings (SSSR count). The van der Waals surface area contributed by atoms with Crippen LogP contribution in [0.5, 0.6) is 5.75 Å². The van der Waals surface area contributed by atoms with Crippen molar-refractivity contribution >= 4 is 5.91 Å². The molecule has 0 unspecified atom stereocenters. The number of carbonyl (C=O) groups is 1. The molecule has 1 amide bonds. The molecule has 2 aromatic rings. The summed E-state index contributed by atoms with van der Waals surface area (Å²) in [5.41, 5.74) is 3.04. The highest BCUT2D eigenvalue weighted by Gasteiger charge is 2.50. The van der Waals surface area contributed by atoms with E-state index in [9.17, 15) is 9.90 Å². The quantitative estimate of drug-likeness (QED) is 0.736. The monoisotopic (exact) mass is 444 g/mol. The first-order valence-electron chi connectivity index (χ1n) is 12.1. The van der Waals surface area contributed by atoms with Gasteiger partial charge in [-0.2, -0.15) is 0 Å². The Morgan fingerprint density at radius 1 is 1.06 bits per heavy atom. The van der Waals surface area contributed by atoms with Crippen LogP contribution >= 0.6 is 0 Å². The van der Waals surface area contributed by atoms with E-state index in [2.05, 4.69) is 45.9 Å². The number of aliphatic hydroxyl groups excluding tert-OH is 1. The Kier molecular flexibility index (Phi) is 6.39. The molecule has 3 atom stereocenters. The molecule has 5 nitrogen and oxygen atoms in total. The van der Waals surface area contributed by atoms with Crippen LogP contribution in [0.2, 0.25) is 0 Å². The first-order chi connectivity index (χ1) is 16.2. The van der Waals surface area contributed by atoms with Crippen LogP contribution in [0.4, 0.5) is 0 Å². The maximum absolute atomic E-state index is 12.8. The maximum atomic E-state index is 12.8. The summed E-state index contributed by atoms with van der Waals surface area (Å²) in [5, 5.41) is 10.1. The fraction of sp³-hybridized carbons (Fsp3) is 0.464. The number of amides is 1. The highest BCUT2D eigenvalue weighted by Crippen LogP contribution is 2.42. The molecule has 2 aliphatic heterocycles. The van der Waals surface area contributed by atoms with Gasteiger partial charge in [0.05, 0.1) is 19.3 Å². The van der Waals surface area contributed by atoms with Crippen molar-refractivity contribution in [1.29, 1.82) is 0 Å². The van der Waals surface area contributed by atoms with Gasteiger partial charge in [-0.25, -0.2) is 0 Å². The van der Waals surface area contributed by atoms with E-state index in [1.54, 1.807) is 7.11 Å². The number of methoxy groups -OCH3 is 1. The van der Waals surface area contributed by atoms with Crippen LogP contribution in [0.3, 0.4) is 0 Å². The van der Waals surface area contributed by atoms with E-state index in [1.807, 2.05) is 24.3 Å². The van der Waals surface area contributed by atoms with Gasteiger partial charge in [-0.05, 0) is 62.1 Å². The van der Waals surface area contributed by atoms with E-state index in [0.29, 0.717) is 5.91 Å². The van der Waals surface area contributed by atoms with Gasteiger partial charge in [-0.15, -0.1) is 0 Å². The fourth-order valence-electron chi connectivity index (χ4n) is 5.41. The number of para-hydroxylation sites is 1. The minimum Gasteiger partial charge on any atom is -0.495 e. The topological polar surface area (TPSA) is 53.0 Å². The third-order valence-corrected chi connectivity index (χ3v) is 7.35. The van der Waals surface area contributed by atoms with Gasteiger partial charge >= 0.3 is 0 Å². The van der Waals surface area contributed by atoms with E-state index in [1.165, 1.54) is 5.56 Å². The standard InChI is InChI=1S/C28H32N2O3/c1-33-26-7-3-2-6-21(26)11-8-20-9-12-22(13-10-20)27-24-18-29(28(32)23-14-15-23)16-4-5-17-30(24)25(27)19-31/h2-3,6-7,9-10,12-13,23-25,27,31H,4-5,14-19H2,1H3/t24-,25+,27-/m0/s1. The van der Waals surface area contributed by atoms with Crippen LogP contribution in [-0.2, 0) is 4.79 Å². The van der Waals surface area contributed by atoms with Gasteiger partial charge in [-0.1, -0.05) is 36.1 Å². The Hall–Kier alpha value is -2.81. The third-order valence-electron chi connectivity index (χ3n) is 7.35. The molecule has 5 heteroatoms. The molecule has 172 valence electrons. The van der Waals surface area contributed by atoms with Crippen molar-refractivity contribution in [1.82, 2.24) is 9.80 Å². The van der Waals surface area contributed by atoms with Gasteiger partial charge in [0.2, 0.25) is 5.91 Å². The number of benzene rings is 2. The summed E-state index contributed by atoms with van der Waals surface area (Å²) >= 11 is 0. The molecule has 2 aromatic carbocycles. The highest BCUT2D eigenvalue weighted by molar-refractivity contribution is 5.81. The van der Waals surface area contributed by atoms with E-state index < -0.39 is 0 Å². The van der Waals surface area contributed by atoms with Crippen LogP contribution in [0.25, 0.3) is 0 Å². The minimum absolute atomic E-state index is 0.122. The van der Waals surface area contributed by atoms with E-state index in [0.717, 1.165) is 62.2 Å². The third kappa shape index (κ3) is 4.51. The van der Waals surface area contributed by atoms with Gasteiger partial charge in [0.1, 0.15) is 5.75 Å². The van der Waals surface area contributed by atoms with Crippen molar-refractivity contribution in [3.8, 4) is 17.6 Å². The summed E-state index contributed by atoms with van der Waals surface area (Å²) in [6, 6.07) is 16.6. The second kappa shape index (κ2) is 9.59. The van der Waals surface area contributed by atoms with Crippen molar-refractivity contribution in [3.63, 3.8) is 0 Å². The first-order valence-corrected chi connectivity index (χ1v) is 12.1. The van der Waals surface area contributed by atoms with Crippen molar-refractivity contribution < 1.29 is 14.6 Å². The molecule has 1 saturated carbocycles. The number of ether oxygens (including phenoxy) is 1. The molecule has 2 saturated heterocycles. The van der Waals surface area contributed by atoms with Gasteiger partial charge in [0, 0.05) is 42.6 Å². The summed E-state index contributed by atoms with van der Waals surface area (Å²) in [6.07, 6.45) is 4.21. The second-order valence-electron chi connectivity index (χ2n) is 9.42. The van der Waals surface area contributed by atoms with Crippen LogP contribution in [0.1, 0.15) is 48.3 Å². The number of rotatable bonds is 4. The highest BCUT2D eigenvalue weighted by atomic mass is 16.5. The summed E-state index contributed by atoms with van der Waals surface area (Å²) in [6.45, 7) is 2.78. The molecule has 0 spiro atoms. The molecular weight excluding hydrogens is 412 g/mol. The van der Waals surface area contributed by atoms with Crippen molar-refractivity contribution in [2.24, 2.45) is 5.92 Å². The predicted octanol–water partition coefficient (Wildman–Crippen LogP) is 3.26. The minimum atomic E-state index is 0.122. The lowest BCUT2D eigenvalue weighted by molar-refractivity contribution is -0.137. The number of aliphatic hydroxyl groups is 1. The van der Waals surface area contributed by atoms with E-state index in [4.69, 9.17) is 4.74 Å². The van der Waals surface area contributed by atoms with E-state index >= 15 is 0 Å².